The van der Waals surface area contributed by atoms with E-state index in [4.69, 9.17) is 4.42 Å². The Balaban J connectivity index is 1.52. The highest BCUT2D eigenvalue weighted by Gasteiger charge is 2.24. The van der Waals surface area contributed by atoms with Gasteiger partial charge in [0.25, 0.3) is 0 Å². The molecule has 7 nitrogen and oxygen atoms in total. The minimum atomic E-state index is -0.172. The number of amides is 3. The minimum Gasteiger partial charge on any atom is -0.439 e. The zero-order chi connectivity index (χ0) is 17.6. The molecule has 3 amide bonds. The molecule has 1 aromatic carbocycles. The van der Waals surface area contributed by atoms with Crippen LogP contribution in [0, 0.1) is 0 Å². The molecule has 0 bridgehead atoms. The summed E-state index contributed by atoms with van der Waals surface area (Å²) in [6, 6.07) is 9.53. The predicted molar refractivity (Wildman–Crippen MR) is 92.6 cm³/mol. The summed E-state index contributed by atoms with van der Waals surface area (Å²) >= 11 is 0. The van der Waals surface area contributed by atoms with Gasteiger partial charge in [-0.3, -0.25) is 4.79 Å². The average molecular weight is 342 g/mol. The van der Waals surface area contributed by atoms with Crippen molar-refractivity contribution in [2.24, 2.45) is 0 Å². The largest absolute Gasteiger partial charge is 0.439 e. The SMILES string of the molecule is CC(=O)NC1CCCN(C(=O)NCc2ncc(-c3ccccc3)o2)C1. The van der Waals surface area contributed by atoms with Gasteiger partial charge in [0.05, 0.1) is 12.7 Å². The highest BCUT2D eigenvalue weighted by atomic mass is 16.4. The third-order valence-corrected chi connectivity index (χ3v) is 4.12. The van der Waals surface area contributed by atoms with Crippen LogP contribution in [0.5, 0.6) is 0 Å². The van der Waals surface area contributed by atoms with Crippen molar-refractivity contribution in [2.45, 2.75) is 32.4 Å². The van der Waals surface area contributed by atoms with E-state index in [0.717, 1.165) is 18.4 Å². The molecule has 2 heterocycles. The summed E-state index contributed by atoms with van der Waals surface area (Å²) in [6.45, 7) is 2.92. The van der Waals surface area contributed by atoms with Crippen LogP contribution < -0.4 is 10.6 Å². The van der Waals surface area contributed by atoms with Gasteiger partial charge in [-0.2, -0.15) is 0 Å². The van der Waals surface area contributed by atoms with Crippen molar-refractivity contribution in [1.29, 1.82) is 0 Å². The van der Waals surface area contributed by atoms with Gasteiger partial charge in [0.1, 0.15) is 0 Å². The normalized spacial score (nSPS) is 17.2. The molecule has 25 heavy (non-hydrogen) atoms. The van der Waals surface area contributed by atoms with Crippen molar-refractivity contribution < 1.29 is 14.0 Å². The number of aromatic nitrogens is 1. The van der Waals surface area contributed by atoms with E-state index in [1.54, 1.807) is 11.1 Å². The number of carbonyl (C=O) groups excluding carboxylic acids is 2. The predicted octanol–water partition coefficient (Wildman–Crippen LogP) is 2.15. The van der Waals surface area contributed by atoms with E-state index < -0.39 is 0 Å². The molecule has 2 aromatic rings. The molecular weight excluding hydrogens is 320 g/mol. The standard InChI is InChI=1S/C18H22N4O3/c1-13(23)21-15-8-5-9-22(12-15)18(24)20-11-17-19-10-16(25-17)14-6-3-2-4-7-14/h2-4,6-7,10,15H,5,8-9,11-12H2,1H3,(H,20,24)(H,21,23). The van der Waals surface area contributed by atoms with Crippen LogP contribution in [0.25, 0.3) is 11.3 Å². The average Bonchev–Trinajstić information content (AvgIpc) is 3.09. The molecule has 1 atom stereocenters. The monoisotopic (exact) mass is 342 g/mol. The van der Waals surface area contributed by atoms with Gasteiger partial charge in [0.15, 0.2) is 5.76 Å². The molecule has 0 saturated carbocycles. The van der Waals surface area contributed by atoms with E-state index in [9.17, 15) is 9.59 Å². The summed E-state index contributed by atoms with van der Waals surface area (Å²) < 4.78 is 5.68. The molecule has 0 radical (unpaired) electrons. The molecule has 7 heteroatoms. The Morgan fingerprint density at radius 3 is 2.88 bits per heavy atom. The Hall–Kier alpha value is -2.83. The lowest BCUT2D eigenvalue weighted by Crippen LogP contribution is -2.51. The van der Waals surface area contributed by atoms with Crippen molar-refractivity contribution in [3.05, 3.63) is 42.4 Å². The fourth-order valence-corrected chi connectivity index (χ4v) is 2.96. The Kier molecular flexibility index (Phi) is 5.33. The molecule has 132 valence electrons. The van der Waals surface area contributed by atoms with E-state index in [0.29, 0.717) is 24.7 Å². The van der Waals surface area contributed by atoms with Crippen LogP contribution in [0.15, 0.2) is 40.9 Å². The van der Waals surface area contributed by atoms with Gasteiger partial charge < -0.3 is 20.0 Å². The number of hydrogen-bond donors (Lipinski definition) is 2. The number of hydrogen-bond acceptors (Lipinski definition) is 4. The number of nitrogens with zero attached hydrogens (tertiary/aromatic N) is 2. The summed E-state index contributed by atoms with van der Waals surface area (Å²) in [7, 11) is 0. The summed E-state index contributed by atoms with van der Waals surface area (Å²) in [6.07, 6.45) is 3.42. The van der Waals surface area contributed by atoms with Gasteiger partial charge in [-0.25, -0.2) is 9.78 Å². The Morgan fingerprint density at radius 2 is 2.12 bits per heavy atom. The maximum Gasteiger partial charge on any atom is 0.317 e. The van der Waals surface area contributed by atoms with Crippen molar-refractivity contribution in [3.8, 4) is 11.3 Å². The highest BCUT2D eigenvalue weighted by Crippen LogP contribution is 2.19. The fraction of sp³-hybridized carbons (Fsp3) is 0.389. The first-order chi connectivity index (χ1) is 12.1. The van der Waals surface area contributed by atoms with Gasteiger partial charge in [-0.05, 0) is 12.8 Å². The molecular formula is C18H22N4O3. The van der Waals surface area contributed by atoms with Crippen LogP contribution in [-0.2, 0) is 11.3 Å². The van der Waals surface area contributed by atoms with Crippen LogP contribution in [0.1, 0.15) is 25.7 Å². The first kappa shape index (κ1) is 17.0. The van der Waals surface area contributed by atoms with E-state index in [2.05, 4.69) is 15.6 Å². The smallest absolute Gasteiger partial charge is 0.317 e. The van der Waals surface area contributed by atoms with Crippen molar-refractivity contribution in [1.82, 2.24) is 20.5 Å². The number of benzene rings is 1. The lowest BCUT2D eigenvalue weighted by atomic mass is 10.1. The summed E-state index contributed by atoms with van der Waals surface area (Å²) in [5.41, 5.74) is 0.946. The molecule has 2 N–H and O–H groups in total. The Bertz CT molecular complexity index is 729. The van der Waals surface area contributed by atoms with Crippen LogP contribution in [0.2, 0.25) is 0 Å². The number of piperidine rings is 1. The lowest BCUT2D eigenvalue weighted by molar-refractivity contribution is -0.119. The van der Waals surface area contributed by atoms with Gasteiger partial charge in [0, 0.05) is 31.6 Å². The molecule has 3 rings (SSSR count). The number of urea groups is 1. The second-order valence-corrected chi connectivity index (χ2v) is 6.13. The Morgan fingerprint density at radius 1 is 1.32 bits per heavy atom. The van der Waals surface area contributed by atoms with E-state index in [1.807, 2.05) is 30.3 Å². The highest BCUT2D eigenvalue weighted by molar-refractivity contribution is 5.75. The van der Waals surface area contributed by atoms with Crippen molar-refractivity contribution in [3.63, 3.8) is 0 Å². The number of likely N-dealkylation sites (tertiary alicyclic amines) is 1. The lowest BCUT2D eigenvalue weighted by Gasteiger charge is -2.32. The number of rotatable bonds is 4. The summed E-state index contributed by atoms with van der Waals surface area (Å²) in [4.78, 5) is 29.4. The molecule has 1 aliphatic heterocycles. The van der Waals surface area contributed by atoms with E-state index >= 15 is 0 Å². The Labute approximate surface area is 146 Å². The van der Waals surface area contributed by atoms with Crippen molar-refractivity contribution in [2.75, 3.05) is 13.1 Å². The first-order valence-electron chi connectivity index (χ1n) is 8.42. The first-order valence-corrected chi connectivity index (χ1v) is 8.42. The van der Waals surface area contributed by atoms with E-state index in [1.165, 1.54) is 6.92 Å². The topological polar surface area (TPSA) is 87.5 Å². The molecule has 1 aliphatic rings. The third kappa shape index (κ3) is 4.59. The molecule has 0 spiro atoms. The molecule has 1 saturated heterocycles. The second kappa shape index (κ2) is 7.83. The maximum absolute atomic E-state index is 12.3. The maximum atomic E-state index is 12.3. The third-order valence-electron chi connectivity index (χ3n) is 4.12. The van der Waals surface area contributed by atoms with Gasteiger partial charge >= 0.3 is 6.03 Å². The quantitative estimate of drug-likeness (QED) is 0.891. The van der Waals surface area contributed by atoms with Crippen LogP contribution in [0.4, 0.5) is 4.79 Å². The number of carbonyl (C=O) groups is 2. The van der Waals surface area contributed by atoms with Gasteiger partial charge in [-0.15, -0.1) is 0 Å². The fourth-order valence-electron chi connectivity index (χ4n) is 2.96. The van der Waals surface area contributed by atoms with Crippen LogP contribution >= 0.6 is 0 Å². The summed E-state index contributed by atoms with van der Waals surface area (Å²) in [5.74, 6) is 1.07. The second-order valence-electron chi connectivity index (χ2n) is 6.13. The van der Waals surface area contributed by atoms with Crippen molar-refractivity contribution >= 4 is 11.9 Å². The van der Waals surface area contributed by atoms with Crippen LogP contribution in [-0.4, -0.2) is 41.0 Å². The zero-order valence-electron chi connectivity index (χ0n) is 14.2. The van der Waals surface area contributed by atoms with Gasteiger partial charge in [-0.1, -0.05) is 30.3 Å². The summed E-state index contributed by atoms with van der Waals surface area (Å²) in [5, 5.41) is 5.70. The molecule has 1 unspecified atom stereocenters. The molecule has 0 aliphatic carbocycles. The van der Waals surface area contributed by atoms with E-state index in [-0.39, 0.29) is 24.5 Å². The van der Waals surface area contributed by atoms with Gasteiger partial charge in [0.2, 0.25) is 11.8 Å². The van der Waals surface area contributed by atoms with Crippen LogP contribution in [0.3, 0.4) is 0 Å². The molecule has 1 fully saturated rings. The molecule has 1 aromatic heterocycles. The minimum absolute atomic E-state index is 0.0171. The zero-order valence-corrected chi connectivity index (χ0v) is 14.2. The number of oxazole rings is 1. The number of nitrogens with one attached hydrogen (secondary N) is 2.